The summed E-state index contributed by atoms with van der Waals surface area (Å²) in [5, 5.41) is 11.6. The van der Waals surface area contributed by atoms with Gasteiger partial charge in [0.25, 0.3) is 0 Å². The molecule has 0 aromatic carbocycles. The third-order valence-corrected chi connectivity index (χ3v) is 3.86. The summed E-state index contributed by atoms with van der Waals surface area (Å²) in [5.41, 5.74) is 0. The minimum absolute atomic E-state index is 0.00204. The molecular formula is C17H33NO3. The molecule has 21 heavy (non-hydrogen) atoms. The quantitative estimate of drug-likeness (QED) is 0.474. The summed E-state index contributed by atoms with van der Waals surface area (Å²) in [4.78, 5) is 21.6. The van der Waals surface area contributed by atoms with Crippen LogP contribution < -0.4 is 5.32 Å². The SMILES string of the molecule is CCCCCCCCCC(CCCC(=O)O)CNC(C)=O. The van der Waals surface area contributed by atoms with Crippen molar-refractivity contribution >= 4 is 11.9 Å². The van der Waals surface area contributed by atoms with E-state index >= 15 is 0 Å². The average molecular weight is 299 g/mol. The van der Waals surface area contributed by atoms with Crippen molar-refractivity contribution in [3.63, 3.8) is 0 Å². The van der Waals surface area contributed by atoms with E-state index in [1.807, 2.05) is 0 Å². The summed E-state index contributed by atoms with van der Waals surface area (Å²) < 4.78 is 0. The molecule has 1 unspecified atom stereocenters. The van der Waals surface area contributed by atoms with Crippen LogP contribution in [0.3, 0.4) is 0 Å². The Balaban J connectivity index is 3.76. The van der Waals surface area contributed by atoms with Crippen LogP contribution in [0.4, 0.5) is 0 Å². The largest absolute Gasteiger partial charge is 0.481 e. The zero-order valence-corrected chi connectivity index (χ0v) is 13.8. The summed E-state index contributed by atoms with van der Waals surface area (Å²) in [7, 11) is 0. The second-order valence-corrected chi connectivity index (χ2v) is 6.00. The number of unbranched alkanes of at least 4 members (excludes halogenated alkanes) is 6. The van der Waals surface area contributed by atoms with E-state index in [1.165, 1.54) is 51.9 Å². The smallest absolute Gasteiger partial charge is 0.303 e. The van der Waals surface area contributed by atoms with Gasteiger partial charge in [0, 0.05) is 19.9 Å². The van der Waals surface area contributed by atoms with Gasteiger partial charge in [0.1, 0.15) is 0 Å². The number of carboxylic acids is 1. The van der Waals surface area contributed by atoms with Gasteiger partial charge in [-0.1, -0.05) is 51.9 Å². The topological polar surface area (TPSA) is 66.4 Å². The fraction of sp³-hybridized carbons (Fsp3) is 0.882. The molecule has 2 N–H and O–H groups in total. The fourth-order valence-corrected chi connectivity index (χ4v) is 2.57. The Labute approximate surface area is 129 Å². The number of hydrogen-bond acceptors (Lipinski definition) is 2. The number of carboxylic acid groups (broad SMARTS) is 1. The van der Waals surface area contributed by atoms with Crippen LogP contribution in [0.2, 0.25) is 0 Å². The molecule has 1 atom stereocenters. The van der Waals surface area contributed by atoms with E-state index in [1.54, 1.807) is 0 Å². The lowest BCUT2D eigenvalue weighted by Crippen LogP contribution is -2.27. The molecule has 0 saturated carbocycles. The van der Waals surface area contributed by atoms with Crippen molar-refractivity contribution < 1.29 is 14.7 Å². The Morgan fingerprint density at radius 3 is 2.10 bits per heavy atom. The molecule has 0 spiro atoms. The third kappa shape index (κ3) is 15.2. The van der Waals surface area contributed by atoms with Crippen LogP contribution in [0.25, 0.3) is 0 Å². The summed E-state index contributed by atoms with van der Waals surface area (Å²) in [6, 6.07) is 0. The Morgan fingerprint density at radius 1 is 0.952 bits per heavy atom. The van der Waals surface area contributed by atoms with Crippen LogP contribution in [0.5, 0.6) is 0 Å². The maximum atomic E-state index is 11.0. The first-order valence-electron chi connectivity index (χ1n) is 8.52. The van der Waals surface area contributed by atoms with Crippen LogP contribution >= 0.6 is 0 Å². The van der Waals surface area contributed by atoms with Crippen molar-refractivity contribution in [1.82, 2.24) is 5.32 Å². The van der Waals surface area contributed by atoms with Crippen molar-refractivity contribution in [3.8, 4) is 0 Å². The van der Waals surface area contributed by atoms with Gasteiger partial charge in [-0.3, -0.25) is 9.59 Å². The van der Waals surface area contributed by atoms with E-state index in [4.69, 9.17) is 5.11 Å². The third-order valence-electron chi connectivity index (χ3n) is 3.86. The van der Waals surface area contributed by atoms with Gasteiger partial charge in [-0.25, -0.2) is 0 Å². The lowest BCUT2D eigenvalue weighted by atomic mass is 9.94. The van der Waals surface area contributed by atoms with Gasteiger partial charge in [-0.15, -0.1) is 0 Å². The van der Waals surface area contributed by atoms with Crippen molar-refractivity contribution in [2.24, 2.45) is 5.92 Å². The Hall–Kier alpha value is -1.06. The normalized spacial score (nSPS) is 12.1. The maximum absolute atomic E-state index is 11.0. The molecule has 0 fully saturated rings. The van der Waals surface area contributed by atoms with E-state index in [0.717, 1.165) is 12.8 Å². The van der Waals surface area contributed by atoms with Gasteiger partial charge in [0.15, 0.2) is 0 Å². The highest BCUT2D eigenvalue weighted by Crippen LogP contribution is 2.17. The van der Waals surface area contributed by atoms with Crippen LogP contribution in [0, 0.1) is 5.92 Å². The first-order chi connectivity index (χ1) is 10.1. The molecule has 124 valence electrons. The number of nitrogens with one attached hydrogen (secondary N) is 1. The number of hydrogen-bond donors (Lipinski definition) is 2. The minimum atomic E-state index is -0.732. The molecular weight excluding hydrogens is 266 g/mol. The molecule has 0 aliphatic rings. The maximum Gasteiger partial charge on any atom is 0.303 e. The van der Waals surface area contributed by atoms with Crippen LogP contribution in [-0.2, 0) is 9.59 Å². The number of rotatable bonds is 14. The fourth-order valence-electron chi connectivity index (χ4n) is 2.57. The summed E-state index contributed by atoms with van der Waals surface area (Å²) in [6.07, 6.45) is 11.9. The van der Waals surface area contributed by atoms with Gasteiger partial charge < -0.3 is 10.4 Å². The molecule has 0 bridgehead atoms. The summed E-state index contributed by atoms with van der Waals surface area (Å²) in [5.74, 6) is -0.314. The monoisotopic (exact) mass is 299 g/mol. The molecule has 0 aliphatic carbocycles. The zero-order chi connectivity index (χ0) is 15.9. The van der Waals surface area contributed by atoms with Gasteiger partial charge in [-0.05, 0) is 25.2 Å². The van der Waals surface area contributed by atoms with Gasteiger partial charge in [-0.2, -0.15) is 0 Å². The second kappa shape index (κ2) is 13.9. The molecule has 0 aromatic rings. The van der Waals surface area contributed by atoms with E-state index in [9.17, 15) is 9.59 Å². The zero-order valence-electron chi connectivity index (χ0n) is 13.8. The van der Waals surface area contributed by atoms with E-state index in [0.29, 0.717) is 18.9 Å². The average Bonchev–Trinajstić information content (AvgIpc) is 2.42. The predicted molar refractivity (Wildman–Crippen MR) is 86.3 cm³/mol. The van der Waals surface area contributed by atoms with E-state index < -0.39 is 5.97 Å². The summed E-state index contributed by atoms with van der Waals surface area (Å²) in [6.45, 7) is 4.44. The van der Waals surface area contributed by atoms with Gasteiger partial charge in [0.05, 0.1) is 0 Å². The van der Waals surface area contributed by atoms with Crippen molar-refractivity contribution in [3.05, 3.63) is 0 Å². The van der Waals surface area contributed by atoms with Crippen molar-refractivity contribution in [2.45, 2.75) is 84.5 Å². The first kappa shape index (κ1) is 19.9. The molecule has 0 saturated heterocycles. The Kier molecular flexibility index (Phi) is 13.2. The molecule has 0 heterocycles. The minimum Gasteiger partial charge on any atom is -0.481 e. The standard InChI is InChI=1S/C17H33NO3/c1-3-4-5-6-7-8-9-11-16(14-18-15(2)19)12-10-13-17(20)21/h16H,3-14H2,1-2H3,(H,18,19)(H,20,21). The van der Waals surface area contributed by atoms with Gasteiger partial charge >= 0.3 is 5.97 Å². The Morgan fingerprint density at radius 2 is 1.52 bits per heavy atom. The molecule has 4 heteroatoms. The van der Waals surface area contributed by atoms with Crippen LogP contribution in [0.15, 0.2) is 0 Å². The number of carbonyl (C=O) groups is 2. The van der Waals surface area contributed by atoms with E-state index in [2.05, 4.69) is 12.2 Å². The lowest BCUT2D eigenvalue weighted by Gasteiger charge is -2.16. The Bertz CT molecular complexity index is 279. The molecule has 1 amide bonds. The predicted octanol–water partition coefficient (Wildman–Crippen LogP) is 4.13. The number of amides is 1. The molecule has 0 radical (unpaired) electrons. The van der Waals surface area contributed by atoms with E-state index in [-0.39, 0.29) is 12.3 Å². The van der Waals surface area contributed by atoms with Gasteiger partial charge in [0.2, 0.25) is 5.91 Å². The molecule has 0 rings (SSSR count). The number of aliphatic carboxylic acids is 1. The second-order valence-electron chi connectivity index (χ2n) is 6.00. The highest BCUT2D eigenvalue weighted by atomic mass is 16.4. The van der Waals surface area contributed by atoms with Crippen molar-refractivity contribution in [1.29, 1.82) is 0 Å². The highest BCUT2D eigenvalue weighted by Gasteiger charge is 2.10. The molecule has 0 aliphatic heterocycles. The van der Waals surface area contributed by atoms with Crippen molar-refractivity contribution in [2.75, 3.05) is 6.54 Å². The van der Waals surface area contributed by atoms with Crippen LogP contribution in [-0.4, -0.2) is 23.5 Å². The number of carbonyl (C=O) groups excluding carboxylic acids is 1. The molecule has 0 aromatic heterocycles. The summed E-state index contributed by atoms with van der Waals surface area (Å²) >= 11 is 0. The lowest BCUT2D eigenvalue weighted by molar-refractivity contribution is -0.137. The first-order valence-corrected chi connectivity index (χ1v) is 8.52. The van der Waals surface area contributed by atoms with Crippen LogP contribution in [0.1, 0.15) is 84.5 Å². The highest BCUT2D eigenvalue weighted by molar-refractivity contribution is 5.72. The molecule has 4 nitrogen and oxygen atoms in total.